The van der Waals surface area contributed by atoms with Crippen molar-refractivity contribution in [3.05, 3.63) is 24.4 Å². The third-order valence-electron chi connectivity index (χ3n) is 2.06. The minimum atomic E-state index is 1.10. The van der Waals surface area contributed by atoms with Gasteiger partial charge in [0.1, 0.15) is 0 Å². The first kappa shape index (κ1) is 8.38. The summed E-state index contributed by atoms with van der Waals surface area (Å²) in [5.74, 6) is 0. The highest BCUT2D eigenvalue weighted by atomic mass is 15.1. The first-order valence-corrected chi connectivity index (χ1v) is 4.45. The molecule has 62 valence electrons. The van der Waals surface area contributed by atoms with Crippen LogP contribution in [-0.4, -0.2) is 18.0 Å². The maximum atomic E-state index is 4.01. The van der Waals surface area contributed by atoms with Crippen molar-refractivity contribution in [1.29, 1.82) is 0 Å². The van der Waals surface area contributed by atoms with Gasteiger partial charge in [0.05, 0.1) is 0 Å². The molecule has 0 N–H and O–H groups in total. The third kappa shape index (κ3) is 2.41. The average molecular weight is 151 g/mol. The van der Waals surface area contributed by atoms with Crippen molar-refractivity contribution in [3.8, 4) is 0 Å². The molecule has 0 radical (unpaired) electrons. The highest BCUT2D eigenvalue weighted by Crippen LogP contribution is 2.13. The highest BCUT2D eigenvalue weighted by Gasteiger charge is 2.10. The van der Waals surface area contributed by atoms with E-state index in [-0.39, 0.29) is 0 Å². The van der Waals surface area contributed by atoms with E-state index < -0.39 is 0 Å². The van der Waals surface area contributed by atoms with Gasteiger partial charge in [-0.25, -0.2) is 0 Å². The Hall–Kier alpha value is -0.720. The number of likely N-dealkylation sites (tertiary alicyclic amines) is 1. The van der Waals surface area contributed by atoms with Gasteiger partial charge in [0.25, 0.3) is 0 Å². The van der Waals surface area contributed by atoms with E-state index in [1.807, 2.05) is 0 Å². The smallest absolute Gasteiger partial charge is 0.0289 e. The van der Waals surface area contributed by atoms with E-state index in [4.69, 9.17) is 0 Å². The summed E-state index contributed by atoms with van der Waals surface area (Å²) in [6, 6.07) is 0. The van der Waals surface area contributed by atoms with Gasteiger partial charge in [-0.1, -0.05) is 19.6 Å². The maximum Gasteiger partial charge on any atom is 0.0289 e. The van der Waals surface area contributed by atoms with Crippen LogP contribution in [0.3, 0.4) is 0 Å². The van der Waals surface area contributed by atoms with Gasteiger partial charge in [0.2, 0.25) is 0 Å². The Balaban J connectivity index is 2.34. The molecular weight excluding hydrogens is 134 g/mol. The molecule has 1 nitrogen and oxygen atoms in total. The average Bonchev–Trinajstić information content (AvgIpc) is 2.52. The van der Waals surface area contributed by atoms with E-state index >= 15 is 0 Å². The van der Waals surface area contributed by atoms with E-state index in [1.54, 1.807) is 0 Å². The number of hydrogen-bond donors (Lipinski definition) is 0. The van der Waals surface area contributed by atoms with Crippen molar-refractivity contribution in [2.24, 2.45) is 0 Å². The second-order valence-corrected chi connectivity index (χ2v) is 3.00. The van der Waals surface area contributed by atoms with Crippen molar-refractivity contribution < 1.29 is 0 Å². The van der Waals surface area contributed by atoms with Crippen LogP contribution in [0.2, 0.25) is 0 Å². The summed E-state index contributed by atoms with van der Waals surface area (Å²) in [5, 5.41) is 0. The fourth-order valence-corrected chi connectivity index (χ4v) is 1.36. The number of hydrogen-bond acceptors (Lipinski definition) is 1. The normalized spacial score (nSPS) is 18.1. The van der Waals surface area contributed by atoms with E-state index in [1.165, 1.54) is 31.6 Å². The molecule has 0 spiro atoms. The van der Waals surface area contributed by atoms with Gasteiger partial charge >= 0.3 is 0 Å². The van der Waals surface area contributed by atoms with Crippen molar-refractivity contribution in [1.82, 2.24) is 4.90 Å². The number of allylic oxidation sites excluding steroid dienone is 2. The summed E-state index contributed by atoms with van der Waals surface area (Å²) >= 11 is 0. The Morgan fingerprint density at radius 1 is 1.45 bits per heavy atom. The molecule has 11 heavy (non-hydrogen) atoms. The molecule has 1 aliphatic heterocycles. The predicted molar refractivity (Wildman–Crippen MR) is 49.4 cm³/mol. The third-order valence-corrected chi connectivity index (χ3v) is 2.06. The Kier molecular flexibility index (Phi) is 3.21. The Morgan fingerprint density at radius 2 is 2.09 bits per heavy atom. The lowest BCUT2D eigenvalue weighted by atomic mass is 10.3. The summed E-state index contributed by atoms with van der Waals surface area (Å²) < 4.78 is 0. The molecule has 1 saturated heterocycles. The molecule has 0 aromatic carbocycles. The van der Waals surface area contributed by atoms with Crippen molar-refractivity contribution in [3.63, 3.8) is 0 Å². The fourth-order valence-electron chi connectivity index (χ4n) is 1.36. The molecular formula is C10H17N. The molecule has 0 saturated carbocycles. The van der Waals surface area contributed by atoms with Crippen LogP contribution < -0.4 is 0 Å². The molecule has 0 aromatic rings. The second kappa shape index (κ2) is 4.22. The van der Waals surface area contributed by atoms with Crippen LogP contribution in [0.1, 0.15) is 26.2 Å². The lowest BCUT2D eigenvalue weighted by molar-refractivity contribution is 0.442. The van der Waals surface area contributed by atoms with Gasteiger partial charge in [-0.3, -0.25) is 0 Å². The minimum Gasteiger partial charge on any atom is -0.372 e. The largest absolute Gasteiger partial charge is 0.372 e. The summed E-state index contributed by atoms with van der Waals surface area (Å²) in [7, 11) is 0. The lowest BCUT2D eigenvalue weighted by Gasteiger charge is -2.16. The predicted octanol–water partition coefficient (Wildman–Crippen LogP) is 2.56. The van der Waals surface area contributed by atoms with Crippen LogP contribution in [0.4, 0.5) is 0 Å². The lowest BCUT2D eigenvalue weighted by Crippen LogP contribution is -2.15. The zero-order chi connectivity index (χ0) is 8.10. The molecule has 1 fully saturated rings. The van der Waals surface area contributed by atoms with E-state index in [0.717, 1.165) is 6.42 Å². The van der Waals surface area contributed by atoms with Crippen LogP contribution in [0.25, 0.3) is 0 Å². The highest BCUT2D eigenvalue weighted by molar-refractivity contribution is 5.13. The van der Waals surface area contributed by atoms with E-state index in [2.05, 4.69) is 30.6 Å². The molecule has 0 atom stereocenters. The first-order chi connectivity index (χ1) is 5.34. The van der Waals surface area contributed by atoms with Crippen LogP contribution in [-0.2, 0) is 0 Å². The minimum absolute atomic E-state index is 1.10. The molecule has 0 bridgehead atoms. The van der Waals surface area contributed by atoms with Crippen molar-refractivity contribution in [2.45, 2.75) is 26.2 Å². The molecule has 1 rings (SSSR count). The van der Waals surface area contributed by atoms with Gasteiger partial charge < -0.3 is 4.90 Å². The molecule has 1 heteroatoms. The van der Waals surface area contributed by atoms with E-state index in [9.17, 15) is 0 Å². The summed E-state index contributed by atoms with van der Waals surface area (Å²) in [4.78, 5) is 2.35. The van der Waals surface area contributed by atoms with Crippen LogP contribution in [0.5, 0.6) is 0 Å². The second-order valence-electron chi connectivity index (χ2n) is 3.00. The van der Waals surface area contributed by atoms with Gasteiger partial charge in [-0.2, -0.15) is 0 Å². The Labute approximate surface area is 69.4 Å². The maximum absolute atomic E-state index is 4.01. The number of rotatable bonds is 3. The quantitative estimate of drug-likeness (QED) is 0.560. The first-order valence-electron chi connectivity index (χ1n) is 4.45. The number of nitrogens with zero attached hydrogens (tertiary/aromatic N) is 1. The van der Waals surface area contributed by atoms with Gasteiger partial charge in [-0.05, 0) is 25.3 Å². The fraction of sp³-hybridized carbons (Fsp3) is 0.600. The topological polar surface area (TPSA) is 3.24 Å². The van der Waals surface area contributed by atoms with Gasteiger partial charge in [0.15, 0.2) is 0 Å². The standard InChI is InChI=1S/C10H17N/c1-3-4-7-10(2)11-8-5-6-9-11/h4,7H,2-3,5-6,8-9H2,1H3. The summed E-state index contributed by atoms with van der Waals surface area (Å²) in [6.07, 6.45) is 8.07. The molecule has 0 unspecified atom stereocenters. The Morgan fingerprint density at radius 3 is 2.64 bits per heavy atom. The summed E-state index contributed by atoms with van der Waals surface area (Å²) in [5.41, 5.74) is 1.18. The molecule has 0 aliphatic carbocycles. The SMILES string of the molecule is C=C(C=CCC)N1CCCC1. The monoisotopic (exact) mass is 151 g/mol. The van der Waals surface area contributed by atoms with E-state index in [0.29, 0.717) is 0 Å². The zero-order valence-corrected chi connectivity index (χ0v) is 7.34. The van der Waals surface area contributed by atoms with Gasteiger partial charge in [-0.15, -0.1) is 0 Å². The van der Waals surface area contributed by atoms with Crippen LogP contribution in [0.15, 0.2) is 24.4 Å². The van der Waals surface area contributed by atoms with Crippen molar-refractivity contribution >= 4 is 0 Å². The summed E-state index contributed by atoms with van der Waals surface area (Å²) in [6.45, 7) is 8.56. The van der Waals surface area contributed by atoms with Crippen molar-refractivity contribution in [2.75, 3.05) is 13.1 Å². The van der Waals surface area contributed by atoms with Crippen LogP contribution in [0, 0.1) is 0 Å². The zero-order valence-electron chi connectivity index (χ0n) is 7.34. The molecule has 0 aromatic heterocycles. The van der Waals surface area contributed by atoms with Crippen LogP contribution >= 0.6 is 0 Å². The molecule has 0 amide bonds. The Bertz CT molecular complexity index is 152. The molecule has 1 aliphatic rings. The van der Waals surface area contributed by atoms with Gasteiger partial charge in [0, 0.05) is 18.8 Å². The molecule has 1 heterocycles.